The zero-order valence-electron chi connectivity index (χ0n) is 13.4. The normalized spacial score (nSPS) is 19.7. The summed E-state index contributed by atoms with van der Waals surface area (Å²) in [5, 5.41) is 3.46. The van der Waals surface area contributed by atoms with Crippen LogP contribution in [0.4, 0.5) is 0 Å². The summed E-state index contributed by atoms with van der Waals surface area (Å²) >= 11 is 1.94. The minimum atomic E-state index is 0.378. The van der Waals surface area contributed by atoms with Gasteiger partial charge in [0.05, 0.1) is 13.2 Å². The highest BCUT2D eigenvalue weighted by Crippen LogP contribution is 2.28. The predicted octanol–water partition coefficient (Wildman–Crippen LogP) is 3.78. The van der Waals surface area contributed by atoms with E-state index < -0.39 is 0 Å². The van der Waals surface area contributed by atoms with E-state index in [1.54, 1.807) is 7.11 Å². The zero-order valence-corrected chi connectivity index (χ0v) is 14.2. The minimum Gasteiger partial charge on any atom is -0.496 e. The molecule has 0 aromatic heterocycles. The molecule has 3 nitrogen and oxygen atoms in total. The summed E-state index contributed by atoms with van der Waals surface area (Å²) < 4.78 is 11.2. The average Bonchev–Trinajstić information content (AvgIpc) is 3.00. The lowest BCUT2D eigenvalue weighted by molar-refractivity contribution is 0.129. The van der Waals surface area contributed by atoms with Crippen molar-refractivity contribution in [1.29, 1.82) is 0 Å². The molecule has 118 valence electrons. The van der Waals surface area contributed by atoms with Crippen molar-refractivity contribution in [2.24, 2.45) is 0 Å². The first-order chi connectivity index (χ1) is 10.2. The maximum absolute atomic E-state index is 5.68. The monoisotopic (exact) mass is 309 g/mol. The maximum atomic E-state index is 5.68. The summed E-state index contributed by atoms with van der Waals surface area (Å²) in [4.78, 5) is 0. The van der Waals surface area contributed by atoms with Gasteiger partial charge in [0, 0.05) is 29.7 Å². The van der Waals surface area contributed by atoms with Gasteiger partial charge in [-0.15, -0.1) is 0 Å². The molecular weight excluding hydrogens is 282 g/mol. The number of hydrogen-bond donors (Lipinski definition) is 1. The maximum Gasteiger partial charge on any atom is 0.122 e. The third kappa shape index (κ3) is 4.90. The summed E-state index contributed by atoms with van der Waals surface area (Å²) in [7, 11) is 1.75. The number of hydrogen-bond acceptors (Lipinski definition) is 4. The smallest absolute Gasteiger partial charge is 0.122 e. The van der Waals surface area contributed by atoms with Gasteiger partial charge in [0.25, 0.3) is 0 Å². The summed E-state index contributed by atoms with van der Waals surface area (Å²) in [6.07, 6.45) is 2.87. The van der Waals surface area contributed by atoms with E-state index in [1.807, 2.05) is 11.8 Å². The molecule has 1 fully saturated rings. The summed E-state index contributed by atoms with van der Waals surface area (Å²) in [5.74, 6) is 3.05. The Balaban J connectivity index is 1.96. The van der Waals surface area contributed by atoms with Crippen LogP contribution in [0.1, 0.15) is 43.9 Å². The average molecular weight is 309 g/mol. The van der Waals surface area contributed by atoms with Crippen molar-refractivity contribution >= 4 is 11.8 Å². The van der Waals surface area contributed by atoms with E-state index in [4.69, 9.17) is 9.47 Å². The second-order valence-electron chi connectivity index (χ2n) is 5.50. The van der Waals surface area contributed by atoms with Gasteiger partial charge in [-0.2, -0.15) is 11.8 Å². The number of ether oxygens (including phenoxy) is 2. The molecule has 2 rings (SSSR count). The third-order valence-electron chi connectivity index (χ3n) is 3.90. The zero-order chi connectivity index (χ0) is 15.1. The van der Waals surface area contributed by atoms with Crippen molar-refractivity contribution in [3.8, 4) is 5.75 Å². The Hall–Kier alpha value is -0.710. The Morgan fingerprint density at radius 1 is 1.48 bits per heavy atom. The molecule has 1 aromatic carbocycles. The Labute approximate surface area is 132 Å². The molecular formula is C17H27NO2S. The number of methoxy groups -OCH3 is 1. The summed E-state index contributed by atoms with van der Waals surface area (Å²) in [5.41, 5.74) is 2.60. The highest BCUT2D eigenvalue weighted by Gasteiger charge is 2.16. The quantitative estimate of drug-likeness (QED) is 0.791. The van der Waals surface area contributed by atoms with E-state index in [0.717, 1.165) is 30.4 Å². The Bertz CT molecular complexity index is 433. The molecule has 0 radical (unpaired) electrons. The fraction of sp³-hybridized carbons (Fsp3) is 0.647. The van der Waals surface area contributed by atoms with E-state index in [-0.39, 0.29) is 0 Å². The van der Waals surface area contributed by atoms with Gasteiger partial charge in [0.15, 0.2) is 0 Å². The number of rotatable bonds is 8. The molecule has 1 aliphatic heterocycles. The molecule has 2 unspecified atom stereocenters. The van der Waals surface area contributed by atoms with Crippen molar-refractivity contribution in [2.45, 2.75) is 44.6 Å². The first kappa shape index (κ1) is 16.7. The highest BCUT2D eigenvalue weighted by atomic mass is 32.2. The topological polar surface area (TPSA) is 30.5 Å². The molecule has 0 amide bonds. The Morgan fingerprint density at radius 2 is 2.33 bits per heavy atom. The van der Waals surface area contributed by atoms with Gasteiger partial charge in [-0.1, -0.05) is 13.0 Å². The number of benzene rings is 1. The lowest BCUT2D eigenvalue weighted by Gasteiger charge is -2.16. The van der Waals surface area contributed by atoms with Crippen molar-refractivity contribution in [3.05, 3.63) is 29.3 Å². The van der Waals surface area contributed by atoms with Crippen LogP contribution in [-0.4, -0.2) is 32.1 Å². The highest BCUT2D eigenvalue weighted by molar-refractivity contribution is 7.98. The molecule has 0 spiro atoms. The fourth-order valence-corrected chi connectivity index (χ4v) is 3.77. The molecule has 1 aromatic rings. The molecule has 0 saturated carbocycles. The lowest BCUT2D eigenvalue weighted by atomic mass is 10.0. The van der Waals surface area contributed by atoms with Gasteiger partial charge in [-0.3, -0.25) is 0 Å². The minimum absolute atomic E-state index is 0.378. The van der Waals surface area contributed by atoms with Crippen LogP contribution in [0.3, 0.4) is 0 Å². The molecule has 1 heterocycles. The lowest BCUT2D eigenvalue weighted by Crippen LogP contribution is -2.17. The van der Waals surface area contributed by atoms with Crippen LogP contribution >= 0.6 is 11.8 Å². The molecule has 1 aliphatic rings. The summed E-state index contributed by atoms with van der Waals surface area (Å²) in [6, 6.07) is 6.89. The largest absolute Gasteiger partial charge is 0.496 e. The van der Waals surface area contributed by atoms with Crippen LogP contribution in [0.2, 0.25) is 0 Å². The molecule has 21 heavy (non-hydrogen) atoms. The predicted molar refractivity (Wildman–Crippen MR) is 90.2 cm³/mol. The first-order valence-corrected chi connectivity index (χ1v) is 8.99. The van der Waals surface area contributed by atoms with Crippen molar-refractivity contribution < 1.29 is 9.47 Å². The SMILES string of the molecule is CCNC(C)c1ccc(OC)c(CSCC2CCCO2)c1. The van der Waals surface area contributed by atoms with Gasteiger partial charge in [0.1, 0.15) is 5.75 Å². The van der Waals surface area contributed by atoms with Crippen molar-refractivity contribution in [3.63, 3.8) is 0 Å². The molecule has 0 bridgehead atoms. The van der Waals surface area contributed by atoms with Crippen LogP contribution < -0.4 is 10.1 Å². The second-order valence-corrected chi connectivity index (χ2v) is 6.53. The van der Waals surface area contributed by atoms with Crippen LogP contribution in [0, 0.1) is 0 Å². The Morgan fingerprint density at radius 3 is 3.00 bits per heavy atom. The van der Waals surface area contributed by atoms with E-state index in [2.05, 4.69) is 37.4 Å². The molecule has 4 heteroatoms. The number of nitrogens with one attached hydrogen (secondary N) is 1. The van der Waals surface area contributed by atoms with Crippen LogP contribution in [-0.2, 0) is 10.5 Å². The molecule has 0 aliphatic carbocycles. The van der Waals surface area contributed by atoms with E-state index >= 15 is 0 Å². The van der Waals surface area contributed by atoms with E-state index in [0.29, 0.717) is 12.1 Å². The van der Waals surface area contributed by atoms with Gasteiger partial charge < -0.3 is 14.8 Å². The third-order valence-corrected chi connectivity index (χ3v) is 5.02. The van der Waals surface area contributed by atoms with Crippen LogP contribution in [0.15, 0.2) is 18.2 Å². The van der Waals surface area contributed by atoms with Crippen LogP contribution in [0.25, 0.3) is 0 Å². The van der Waals surface area contributed by atoms with Crippen LogP contribution in [0.5, 0.6) is 5.75 Å². The van der Waals surface area contributed by atoms with Crippen molar-refractivity contribution in [2.75, 3.05) is 26.0 Å². The molecule has 1 saturated heterocycles. The molecule has 1 N–H and O–H groups in total. The van der Waals surface area contributed by atoms with Gasteiger partial charge in [0.2, 0.25) is 0 Å². The first-order valence-electron chi connectivity index (χ1n) is 7.84. The van der Waals surface area contributed by atoms with Gasteiger partial charge in [-0.05, 0) is 44.0 Å². The van der Waals surface area contributed by atoms with Gasteiger partial charge >= 0.3 is 0 Å². The number of thioether (sulfide) groups is 1. The van der Waals surface area contributed by atoms with E-state index in [9.17, 15) is 0 Å². The van der Waals surface area contributed by atoms with E-state index in [1.165, 1.54) is 24.0 Å². The summed E-state index contributed by atoms with van der Waals surface area (Å²) in [6.45, 7) is 6.26. The molecule has 2 atom stereocenters. The fourth-order valence-electron chi connectivity index (χ4n) is 2.68. The standard InChI is InChI=1S/C17H27NO2S/c1-4-18-13(2)14-7-8-17(19-3)15(10-14)11-21-12-16-6-5-9-20-16/h7-8,10,13,16,18H,4-6,9,11-12H2,1-3H3. The second kappa shape index (κ2) is 8.66. The Kier molecular flexibility index (Phi) is 6.87. The van der Waals surface area contributed by atoms with Crippen molar-refractivity contribution in [1.82, 2.24) is 5.32 Å². The van der Waals surface area contributed by atoms with Gasteiger partial charge in [-0.25, -0.2) is 0 Å².